The van der Waals surface area contributed by atoms with E-state index in [1.807, 2.05) is 42.5 Å². The summed E-state index contributed by atoms with van der Waals surface area (Å²) in [6.45, 7) is 1.98. The van der Waals surface area contributed by atoms with Crippen LogP contribution in [0.3, 0.4) is 0 Å². The van der Waals surface area contributed by atoms with E-state index in [1.165, 1.54) is 0 Å². The highest BCUT2D eigenvalue weighted by atomic mass is 16.3. The van der Waals surface area contributed by atoms with E-state index >= 15 is 0 Å². The Labute approximate surface area is 140 Å². The number of nitrogens with zero attached hydrogens (tertiary/aromatic N) is 1. The van der Waals surface area contributed by atoms with Crippen molar-refractivity contribution in [3.05, 3.63) is 78.0 Å². The van der Waals surface area contributed by atoms with Gasteiger partial charge in [0.05, 0.1) is 12.2 Å². The van der Waals surface area contributed by atoms with E-state index in [0.717, 1.165) is 33.3 Å². The van der Waals surface area contributed by atoms with Gasteiger partial charge in [-0.1, -0.05) is 48.5 Å². The maximum Gasteiger partial charge on any atom is 0.153 e. The van der Waals surface area contributed by atoms with E-state index in [0.29, 0.717) is 11.3 Å². The van der Waals surface area contributed by atoms with Crippen LogP contribution in [0, 0.1) is 6.92 Å². The Morgan fingerprint density at radius 3 is 2.50 bits per heavy atom. The lowest BCUT2D eigenvalue weighted by molar-refractivity contribution is 0.282. The molecule has 0 amide bonds. The van der Waals surface area contributed by atoms with Crippen molar-refractivity contribution in [2.24, 2.45) is 0 Å². The van der Waals surface area contributed by atoms with Gasteiger partial charge < -0.3 is 9.52 Å². The van der Waals surface area contributed by atoms with Crippen LogP contribution in [-0.4, -0.2) is 10.1 Å². The van der Waals surface area contributed by atoms with E-state index in [2.05, 4.69) is 30.1 Å². The van der Waals surface area contributed by atoms with E-state index in [-0.39, 0.29) is 6.61 Å². The van der Waals surface area contributed by atoms with Crippen molar-refractivity contribution in [2.75, 3.05) is 0 Å². The predicted molar refractivity (Wildman–Crippen MR) is 95.5 cm³/mol. The Balaban J connectivity index is 1.95. The number of rotatable bonds is 3. The first-order chi connectivity index (χ1) is 11.8. The minimum Gasteiger partial charge on any atom is -0.454 e. The van der Waals surface area contributed by atoms with Gasteiger partial charge in [0.2, 0.25) is 0 Å². The van der Waals surface area contributed by atoms with Crippen molar-refractivity contribution in [2.45, 2.75) is 13.5 Å². The molecule has 0 aliphatic carbocycles. The third-order valence-corrected chi connectivity index (χ3v) is 4.36. The summed E-state index contributed by atoms with van der Waals surface area (Å²) < 4.78 is 6.03. The lowest BCUT2D eigenvalue weighted by atomic mass is 9.94. The Bertz CT molecular complexity index is 1000. The predicted octanol–water partition coefficient (Wildman–Crippen LogP) is 4.96. The number of aliphatic hydroxyl groups excluding tert-OH is 1. The number of benzene rings is 2. The van der Waals surface area contributed by atoms with Crippen molar-refractivity contribution in [1.82, 2.24) is 4.98 Å². The van der Waals surface area contributed by atoms with Crippen molar-refractivity contribution < 1.29 is 9.52 Å². The molecule has 0 unspecified atom stereocenters. The maximum absolute atomic E-state index is 9.84. The summed E-state index contributed by atoms with van der Waals surface area (Å²) in [7, 11) is 0. The Morgan fingerprint density at radius 1 is 0.917 bits per heavy atom. The lowest BCUT2D eigenvalue weighted by Crippen LogP contribution is -1.91. The number of hydrogen-bond donors (Lipinski definition) is 1. The second-order valence-electron chi connectivity index (χ2n) is 5.76. The zero-order valence-electron chi connectivity index (χ0n) is 13.4. The number of furan rings is 1. The number of aromatic nitrogens is 1. The minimum atomic E-state index is -0.103. The van der Waals surface area contributed by atoms with Gasteiger partial charge in [0.25, 0.3) is 0 Å². The van der Waals surface area contributed by atoms with Crippen LogP contribution in [0.2, 0.25) is 0 Å². The van der Waals surface area contributed by atoms with Crippen molar-refractivity contribution in [1.29, 1.82) is 0 Å². The largest absolute Gasteiger partial charge is 0.454 e. The van der Waals surface area contributed by atoms with E-state index in [9.17, 15) is 5.11 Å². The van der Waals surface area contributed by atoms with Crippen LogP contribution in [0.4, 0.5) is 0 Å². The third kappa shape index (κ3) is 2.30. The van der Waals surface area contributed by atoms with E-state index in [1.54, 1.807) is 6.20 Å². The molecule has 4 rings (SSSR count). The fourth-order valence-electron chi connectivity index (χ4n) is 3.15. The zero-order chi connectivity index (χ0) is 16.5. The van der Waals surface area contributed by atoms with Crippen LogP contribution in [0.25, 0.3) is 33.6 Å². The van der Waals surface area contributed by atoms with Gasteiger partial charge in [-0.05, 0) is 35.7 Å². The molecule has 0 fully saturated rings. The quantitative estimate of drug-likeness (QED) is 0.581. The first kappa shape index (κ1) is 14.7. The molecule has 4 aromatic rings. The van der Waals surface area contributed by atoms with Gasteiger partial charge in [-0.25, -0.2) is 0 Å². The Morgan fingerprint density at radius 2 is 1.71 bits per heavy atom. The number of pyridine rings is 1. The summed E-state index contributed by atoms with van der Waals surface area (Å²) in [5.74, 6) is 0.696. The molecule has 0 bridgehead atoms. The van der Waals surface area contributed by atoms with Crippen LogP contribution in [0.1, 0.15) is 11.1 Å². The first-order valence-corrected chi connectivity index (χ1v) is 7.92. The molecule has 118 valence electrons. The summed E-state index contributed by atoms with van der Waals surface area (Å²) in [6, 6.07) is 20.1. The monoisotopic (exact) mass is 315 g/mol. The summed E-state index contributed by atoms with van der Waals surface area (Å²) >= 11 is 0. The van der Waals surface area contributed by atoms with Gasteiger partial charge >= 0.3 is 0 Å². The van der Waals surface area contributed by atoms with E-state index < -0.39 is 0 Å². The lowest BCUT2D eigenvalue weighted by Gasteiger charge is -2.11. The molecule has 24 heavy (non-hydrogen) atoms. The second-order valence-corrected chi connectivity index (χ2v) is 5.76. The summed E-state index contributed by atoms with van der Waals surface area (Å²) in [4.78, 5) is 4.35. The molecule has 0 saturated carbocycles. The van der Waals surface area contributed by atoms with Crippen LogP contribution >= 0.6 is 0 Å². The average Bonchev–Trinajstić information content (AvgIpc) is 3.01. The number of aliphatic hydroxyl groups is 1. The van der Waals surface area contributed by atoms with Gasteiger partial charge in [0, 0.05) is 11.8 Å². The van der Waals surface area contributed by atoms with Gasteiger partial charge in [-0.3, -0.25) is 4.98 Å². The highest BCUT2D eigenvalue weighted by Gasteiger charge is 2.18. The van der Waals surface area contributed by atoms with Crippen LogP contribution in [0.5, 0.6) is 0 Å². The molecule has 0 aliphatic heterocycles. The molecule has 0 atom stereocenters. The molecule has 2 aromatic heterocycles. The highest BCUT2D eigenvalue weighted by molar-refractivity contribution is 5.87. The number of fused-ring (bicyclic) bond motifs is 1. The smallest absolute Gasteiger partial charge is 0.153 e. The summed E-state index contributed by atoms with van der Waals surface area (Å²) in [6.07, 6.45) is 1.72. The molecule has 0 saturated heterocycles. The molecule has 0 spiro atoms. The maximum atomic E-state index is 9.84. The molecule has 3 nitrogen and oxygen atoms in total. The van der Waals surface area contributed by atoms with Gasteiger partial charge in [0.1, 0.15) is 11.3 Å². The van der Waals surface area contributed by atoms with Gasteiger partial charge in [0.15, 0.2) is 5.58 Å². The highest BCUT2D eigenvalue weighted by Crippen LogP contribution is 2.37. The molecule has 0 radical (unpaired) electrons. The SMILES string of the molecule is Cc1c(-c2ccccc2)cccc1-c1oc2cccnc2c1CO. The van der Waals surface area contributed by atoms with Gasteiger partial charge in [-0.2, -0.15) is 0 Å². The molecule has 1 N–H and O–H groups in total. The van der Waals surface area contributed by atoms with Gasteiger partial charge in [-0.15, -0.1) is 0 Å². The zero-order valence-corrected chi connectivity index (χ0v) is 13.4. The molecule has 2 heterocycles. The first-order valence-electron chi connectivity index (χ1n) is 7.92. The third-order valence-electron chi connectivity index (χ3n) is 4.36. The van der Waals surface area contributed by atoms with Crippen molar-refractivity contribution in [3.8, 4) is 22.5 Å². The minimum absolute atomic E-state index is 0.103. The standard InChI is InChI=1S/C21H17NO2/c1-14-16(15-7-3-2-4-8-15)9-5-10-17(14)21-18(13-23)20-19(24-21)11-6-12-22-20/h2-12,23H,13H2,1H3. The van der Waals surface area contributed by atoms with Crippen LogP contribution in [-0.2, 0) is 6.61 Å². The average molecular weight is 315 g/mol. The molecule has 2 aromatic carbocycles. The normalized spacial score (nSPS) is 11.1. The fraction of sp³-hybridized carbons (Fsp3) is 0.0952. The Kier molecular flexibility index (Phi) is 3.63. The van der Waals surface area contributed by atoms with Crippen LogP contribution in [0.15, 0.2) is 71.3 Å². The molecule has 3 heteroatoms. The molecule has 0 aliphatic rings. The Hall–Kier alpha value is -2.91. The van der Waals surface area contributed by atoms with E-state index in [4.69, 9.17) is 4.42 Å². The molecular weight excluding hydrogens is 298 g/mol. The fourth-order valence-corrected chi connectivity index (χ4v) is 3.15. The topological polar surface area (TPSA) is 46.3 Å². The number of hydrogen-bond acceptors (Lipinski definition) is 3. The summed E-state index contributed by atoms with van der Waals surface area (Å²) in [5.41, 5.74) is 6.58. The van der Waals surface area contributed by atoms with Crippen molar-refractivity contribution >= 4 is 11.1 Å². The summed E-state index contributed by atoms with van der Waals surface area (Å²) in [5, 5.41) is 9.84. The van der Waals surface area contributed by atoms with Crippen LogP contribution < -0.4 is 0 Å². The van der Waals surface area contributed by atoms with Crippen molar-refractivity contribution in [3.63, 3.8) is 0 Å². The second kappa shape index (κ2) is 5.95. The molecular formula is C21H17NO2.